The molecule has 2 aromatic heterocycles. The topological polar surface area (TPSA) is 85.8 Å². The zero-order chi connectivity index (χ0) is 20.1. The van der Waals surface area contributed by atoms with Crippen LogP contribution in [-0.2, 0) is 17.8 Å². The number of carbonyl (C=O) groups is 1. The zero-order valence-electron chi connectivity index (χ0n) is 16.1. The lowest BCUT2D eigenvalue weighted by molar-refractivity contribution is -0.116. The van der Waals surface area contributed by atoms with Gasteiger partial charge in [0.25, 0.3) is 0 Å². The first-order valence-electron chi connectivity index (χ1n) is 9.42. The summed E-state index contributed by atoms with van der Waals surface area (Å²) < 4.78 is 7.04. The minimum atomic E-state index is -0.130. The number of nitrogens with zero attached hydrogens (tertiary/aromatic N) is 4. The van der Waals surface area contributed by atoms with Gasteiger partial charge in [0.2, 0.25) is 17.6 Å². The molecule has 0 radical (unpaired) electrons. The van der Waals surface area contributed by atoms with E-state index < -0.39 is 0 Å². The van der Waals surface area contributed by atoms with Crippen molar-refractivity contribution in [1.29, 1.82) is 0 Å². The predicted molar refractivity (Wildman–Crippen MR) is 109 cm³/mol. The number of benzene rings is 2. The normalized spacial score (nSPS) is 10.8. The van der Waals surface area contributed by atoms with Crippen molar-refractivity contribution >= 4 is 11.7 Å². The lowest BCUT2D eigenvalue weighted by atomic mass is 10.1. The van der Waals surface area contributed by atoms with Crippen LogP contribution in [0.2, 0.25) is 0 Å². The van der Waals surface area contributed by atoms with Crippen LogP contribution in [0.25, 0.3) is 11.4 Å². The molecule has 0 spiro atoms. The van der Waals surface area contributed by atoms with Gasteiger partial charge in [0.15, 0.2) is 0 Å². The highest BCUT2D eigenvalue weighted by molar-refractivity contribution is 5.89. The van der Waals surface area contributed by atoms with Crippen molar-refractivity contribution in [3.8, 4) is 11.4 Å². The van der Waals surface area contributed by atoms with E-state index in [-0.39, 0.29) is 12.3 Å². The van der Waals surface area contributed by atoms with Gasteiger partial charge in [-0.2, -0.15) is 10.1 Å². The Labute approximate surface area is 168 Å². The molecule has 0 atom stereocenters. The van der Waals surface area contributed by atoms with E-state index >= 15 is 0 Å². The second kappa shape index (κ2) is 8.52. The molecular formula is C22H21N5O2. The number of aromatic nitrogens is 4. The number of nitrogens with one attached hydrogen (secondary N) is 1. The van der Waals surface area contributed by atoms with E-state index in [0.29, 0.717) is 30.5 Å². The van der Waals surface area contributed by atoms with Crippen LogP contribution in [0.5, 0.6) is 0 Å². The van der Waals surface area contributed by atoms with Crippen LogP contribution in [0, 0.1) is 6.92 Å². The molecule has 4 rings (SSSR count). The Morgan fingerprint density at radius 1 is 1.07 bits per heavy atom. The second-order valence-electron chi connectivity index (χ2n) is 6.79. The predicted octanol–water partition coefficient (Wildman–Crippen LogP) is 3.86. The smallest absolute Gasteiger partial charge is 0.227 e. The number of hydrogen-bond donors (Lipinski definition) is 1. The van der Waals surface area contributed by atoms with Crippen molar-refractivity contribution in [3.05, 3.63) is 83.9 Å². The van der Waals surface area contributed by atoms with Gasteiger partial charge >= 0.3 is 0 Å². The first kappa shape index (κ1) is 18.6. The molecule has 0 fully saturated rings. The van der Waals surface area contributed by atoms with E-state index in [0.717, 1.165) is 11.1 Å². The SMILES string of the molecule is Cc1ccc(-c2noc(CCC(=O)Nc3ccnn3Cc3ccccc3)n2)cc1. The standard InChI is InChI=1S/C22H21N5O2/c1-16-7-9-18(10-8-16)22-25-21(29-26-22)12-11-20(28)24-19-13-14-23-27(19)15-17-5-3-2-4-6-17/h2-10,13-14H,11-12,15H2,1H3,(H,24,28). The molecule has 0 saturated carbocycles. The molecule has 4 aromatic rings. The summed E-state index contributed by atoms with van der Waals surface area (Å²) in [5.74, 6) is 1.49. The molecule has 146 valence electrons. The molecule has 29 heavy (non-hydrogen) atoms. The lowest BCUT2D eigenvalue weighted by Crippen LogP contribution is -2.16. The Morgan fingerprint density at radius 3 is 2.66 bits per heavy atom. The maximum absolute atomic E-state index is 12.4. The Balaban J connectivity index is 1.33. The minimum Gasteiger partial charge on any atom is -0.339 e. The molecule has 0 aliphatic carbocycles. The molecule has 0 saturated heterocycles. The summed E-state index contributed by atoms with van der Waals surface area (Å²) in [6.07, 6.45) is 2.29. The van der Waals surface area contributed by atoms with Crippen molar-refractivity contribution in [2.24, 2.45) is 0 Å². The van der Waals surface area contributed by atoms with Crippen LogP contribution in [0.15, 0.2) is 71.4 Å². The van der Waals surface area contributed by atoms with E-state index in [4.69, 9.17) is 4.52 Å². The van der Waals surface area contributed by atoms with Crippen molar-refractivity contribution in [3.63, 3.8) is 0 Å². The first-order valence-corrected chi connectivity index (χ1v) is 9.42. The quantitative estimate of drug-likeness (QED) is 0.520. The molecule has 0 aliphatic rings. The van der Waals surface area contributed by atoms with Gasteiger partial charge in [-0.3, -0.25) is 4.79 Å². The van der Waals surface area contributed by atoms with Crippen LogP contribution in [0.4, 0.5) is 5.82 Å². The molecule has 7 nitrogen and oxygen atoms in total. The second-order valence-corrected chi connectivity index (χ2v) is 6.79. The fourth-order valence-corrected chi connectivity index (χ4v) is 2.92. The molecule has 2 aromatic carbocycles. The molecule has 0 aliphatic heterocycles. The maximum Gasteiger partial charge on any atom is 0.227 e. The van der Waals surface area contributed by atoms with Crippen molar-refractivity contribution in [1.82, 2.24) is 19.9 Å². The highest BCUT2D eigenvalue weighted by Gasteiger charge is 2.12. The number of amides is 1. The van der Waals surface area contributed by atoms with E-state index in [1.54, 1.807) is 16.9 Å². The van der Waals surface area contributed by atoms with Gasteiger partial charge in [-0.15, -0.1) is 0 Å². The fourth-order valence-electron chi connectivity index (χ4n) is 2.92. The van der Waals surface area contributed by atoms with Crippen LogP contribution >= 0.6 is 0 Å². The van der Waals surface area contributed by atoms with Gasteiger partial charge in [0.05, 0.1) is 12.7 Å². The number of rotatable bonds is 7. The Morgan fingerprint density at radius 2 is 1.86 bits per heavy atom. The molecule has 1 amide bonds. The lowest BCUT2D eigenvalue weighted by Gasteiger charge is -2.08. The zero-order valence-corrected chi connectivity index (χ0v) is 16.1. The monoisotopic (exact) mass is 387 g/mol. The number of carbonyl (C=O) groups excluding carboxylic acids is 1. The average Bonchev–Trinajstić information content (AvgIpc) is 3.38. The summed E-state index contributed by atoms with van der Waals surface area (Å²) in [5.41, 5.74) is 3.17. The number of aryl methyl sites for hydroxylation is 2. The van der Waals surface area contributed by atoms with E-state index in [2.05, 4.69) is 20.6 Å². The molecule has 7 heteroatoms. The summed E-state index contributed by atoms with van der Waals surface area (Å²) in [7, 11) is 0. The van der Waals surface area contributed by atoms with Gasteiger partial charge in [0, 0.05) is 24.5 Å². The number of anilines is 1. The maximum atomic E-state index is 12.4. The van der Waals surface area contributed by atoms with Gasteiger partial charge < -0.3 is 9.84 Å². The first-order chi connectivity index (χ1) is 14.2. The van der Waals surface area contributed by atoms with E-state index in [9.17, 15) is 4.79 Å². The molecule has 0 bridgehead atoms. The van der Waals surface area contributed by atoms with Gasteiger partial charge in [-0.05, 0) is 12.5 Å². The van der Waals surface area contributed by atoms with Gasteiger partial charge in [-0.1, -0.05) is 65.3 Å². The van der Waals surface area contributed by atoms with Crippen LogP contribution in [0.3, 0.4) is 0 Å². The third-order valence-corrected chi connectivity index (χ3v) is 4.50. The summed E-state index contributed by atoms with van der Waals surface area (Å²) in [6, 6.07) is 19.6. The Hall–Kier alpha value is -3.74. The molecule has 0 unspecified atom stereocenters. The minimum absolute atomic E-state index is 0.130. The highest BCUT2D eigenvalue weighted by atomic mass is 16.5. The highest BCUT2D eigenvalue weighted by Crippen LogP contribution is 2.17. The molecule has 1 N–H and O–H groups in total. The van der Waals surface area contributed by atoms with Crippen molar-refractivity contribution < 1.29 is 9.32 Å². The average molecular weight is 387 g/mol. The van der Waals surface area contributed by atoms with Crippen molar-refractivity contribution in [2.45, 2.75) is 26.3 Å². The molecule has 2 heterocycles. The number of hydrogen-bond acceptors (Lipinski definition) is 5. The Bertz CT molecular complexity index is 1080. The summed E-state index contributed by atoms with van der Waals surface area (Å²) in [5, 5.41) is 11.2. The van der Waals surface area contributed by atoms with Crippen LogP contribution in [-0.4, -0.2) is 25.8 Å². The third kappa shape index (κ3) is 4.76. The third-order valence-electron chi connectivity index (χ3n) is 4.50. The molecular weight excluding hydrogens is 366 g/mol. The summed E-state index contributed by atoms with van der Waals surface area (Å²) in [6.45, 7) is 2.61. The van der Waals surface area contributed by atoms with Crippen LogP contribution < -0.4 is 5.32 Å². The fraction of sp³-hybridized carbons (Fsp3) is 0.182. The largest absolute Gasteiger partial charge is 0.339 e. The summed E-state index contributed by atoms with van der Waals surface area (Å²) >= 11 is 0. The summed E-state index contributed by atoms with van der Waals surface area (Å²) in [4.78, 5) is 16.7. The van der Waals surface area contributed by atoms with Gasteiger partial charge in [0.1, 0.15) is 5.82 Å². The Kier molecular flexibility index (Phi) is 5.47. The van der Waals surface area contributed by atoms with E-state index in [1.165, 1.54) is 5.56 Å². The van der Waals surface area contributed by atoms with E-state index in [1.807, 2.05) is 61.5 Å². The van der Waals surface area contributed by atoms with Crippen molar-refractivity contribution in [2.75, 3.05) is 5.32 Å². The van der Waals surface area contributed by atoms with Gasteiger partial charge in [-0.25, -0.2) is 4.68 Å². The van der Waals surface area contributed by atoms with Crippen LogP contribution in [0.1, 0.15) is 23.4 Å².